The molecule has 1 aromatic rings. The zero-order valence-electron chi connectivity index (χ0n) is 9.84. The third-order valence-corrected chi connectivity index (χ3v) is 6.12. The molecule has 2 bridgehead atoms. The average Bonchev–Trinajstić information content (AvgIpc) is 2.62. The van der Waals surface area contributed by atoms with Crippen LogP contribution in [0.15, 0.2) is 18.3 Å². The van der Waals surface area contributed by atoms with E-state index in [0.29, 0.717) is 18.4 Å². The van der Waals surface area contributed by atoms with E-state index < -0.39 is 16.7 Å². The van der Waals surface area contributed by atoms with Crippen LogP contribution in [0, 0.1) is 11.9 Å². The molecule has 5 heteroatoms. The highest BCUT2D eigenvalue weighted by atomic mass is 32.2. The van der Waals surface area contributed by atoms with Crippen LogP contribution in [-0.4, -0.2) is 25.5 Å². The Hall–Kier alpha value is -1.10. The van der Waals surface area contributed by atoms with Crippen LogP contribution in [-0.2, 0) is 10.8 Å². The standard InChI is InChI=1S/C13H14FNO2S/c14-12-4-1-8(7-15-12)13(16)9-5-10-2-3-11(6-9)18(10)17/h1,4,7,9-11H,2-3,5-6H2. The minimum atomic E-state index is -0.744. The molecule has 0 radical (unpaired) electrons. The molecule has 3 heterocycles. The van der Waals surface area contributed by atoms with E-state index in [1.807, 2.05) is 0 Å². The average molecular weight is 267 g/mol. The van der Waals surface area contributed by atoms with Gasteiger partial charge in [-0.1, -0.05) is 0 Å². The number of rotatable bonds is 2. The number of ketones is 1. The highest BCUT2D eigenvalue weighted by molar-refractivity contribution is 7.86. The molecule has 0 spiro atoms. The second-order valence-corrected chi connectivity index (χ2v) is 7.04. The summed E-state index contributed by atoms with van der Waals surface area (Å²) in [7, 11) is -0.744. The third kappa shape index (κ3) is 2.00. The van der Waals surface area contributed by atoms with Gasteiger partial charge in [-0.25, -0.2) is 4.98 Å². The number of carbonyl (C=O) groups excluding carboxylic acids is 1. The van der Waals surface area contributed by atoms with E-state index in [9.17, 15) is 13.4 Å². The van der Waals surface area contributed by atoms with Crippen LogP contribution in [0.4, 0.5) is 4.39 Å². The summed E-state index contributed by atoms with van der Waals surface area (Å²) in [5.41, 5.74) is 0.466. The van der Waals surface area contributed by atoms with E-state index in [1.54, 1.807) is 0 Å². The van der Waals surface area contributed by atoms with Gasteiger partial charge in [-0.05, 0) is 37.8 Å². The first kappa shape index (κ1) is 12.0. The molecular weight excluding hydrogens is 253 g/mol. The fourth-order valence-electron chi connectivity index (χ4n) is 3.00. The number of aromatic nitrogens is 1. The van der Waals surface area contributed by atoms with E-state index >= 15 is 0 Å². The lowest BCUT2D eigenvalue weighted by molar-refractivity contribution is 0.0905. The van der Waals surface area contributed by atoms with Crippen LogP contribution < -0.4 is 0 Å². The molecule has 1 aromatic heterocycles. The summed E-state index contributed by atoms with van der Waals surface area (Å²) in [6.07, 6.45) is 4.66. The van der Waals surface area contributed by atoms with Gasteiger partial charge in [0.25, 0.3) is 0 Å². The lowest BCUT2D eigenvalue weighted by atomic mass is 9.91. The maximum absolute atomic E-state index is 12.7. The lowest BCUT2D eigenvalue weighted by Crippen LogP contribution is -2.32. The van der Waals surface area contributed by atoms with Gasteiger partial charge in [0.05, 0.1) is 0 Å². The first-order valence-corrected chi connectivity index (χ1v) is 7.48. The molecule has 0 amide bonds. The summed E-state index contributed by atoms with van der Waals surface area (Å²) in [6, 6.07) is 2.70. The quantitative estimate of drug-likeness (QED) is 0.609. The van der Waals surface area contributed by atoms with Gasteiger partial charge in [-0.2, -0.15) is 4.39 Å². The molecule has 96 valence electrons. The molecule has 0 aliphatic carbocycles. The van der Waals surface area contributed by atoms with Gasteiger partial charge in [-0.3, -0.25) is 9.00 Å². The van der Waals surface area contributed by atoms with Gasteiger partial charge in [-0.15, -0.1) is 0 Å². The van der Waals surface area contributed by atoms with Gasteiger partial charge in [0.1, 0.15) is 0 Å². The lowest BCUT2D eigenvalue weighted by Gasteiger charge is -2.26. The molecule has 2 fully saturated rings. The fraction of sp³-hybridized carbons (Fsp3) is 0.538. The molecule has 3 nitrogen and oxygen atoms in total. The number of carbonyl (C=O) groups is 1. The summed E-state index contributed by atoms with van der Waals surface area (Å²) in [6.45, 7) is 0. The first-order valence-electron chi connectivity index (χ1n) is 6.20. The number of nitrogens with zero attached hydrogens (tertiary/aromatic N) is 1. The van der Waals surface area contributed by atoms with E-state index in [-0.39, 0.29) is 22.2 Å². The van der Waals surface area contributed by atoms with Crippen molar-refractivity contribution in [3.63, 3.8) is 0 Å². The first-order chi connectivity index (χ1) is 8.65. The van der Waals surface area contributed by atoms with Crippen molar-refractivity contribution in [3.8, 4) is 0 Å². The molecule has 2 aliphatic heterocycles. The Morgan fingerprint density at radius 3 is 2.50 bits per heavy atom. The van der Waals surface area contributed by atoms with Gasteiger partial charge in [0, 0.05) is 39.0 Å². The molecule has 2 atom stereocenters. The van der Waals surface area contributed by atoms with Crippen molar-refractivity contribution >= 4 is 16.6 Å². The number of pyridine rings is 1. The van der Waals surface area contributed by atoms with Crippen LogP contribution in [0.25, 0.3) is 0 Å². The van der Waals surface area contributed by atoms with Crippen molar-refractivity contribution in [3.05, 3.63) is 29.8 Å². The minimum absolute atomic E-state index is 0.0242. The molecule has 2 saturated heterocycles. The zero-order chi connectivity index (χ0) is 12.7. The van der Waals surface area contributed by atoms with Crippen molar-refractivity contribution in [1.29, 1.82) is 0 Å². The van der Waals surface area contributed by atoms with Crippen molar-refractivity contribution in [2.45, 2.75) is 36.2 Å². The molecule has 18 heavy (non-hydrogen) atoms. The van der Waals surface area contributed by atoms with Gasteiger partial charge >= 0.3 is 0 Å². The normalized spacial score (nSPS) is 34.5. The second-order valence-electron chi connectivity index (χ2n) is 5.05. The molecule has 2 aliphatic rings. The van der Waals surface area contributed by atoms with E-state index in [1.165, 1.54) is 18.3 Å². The van der Waals surface area contributed by atoms with Crippen LogP contribution in [0.5, 0.6) is 0 Å². The molecule has 2 unspecified atom stereocenters. The number of hydrogen-bond donors (Lipinski definition) is 0. The van der Waals surface area contributed by atoms with Gasteiger partial charge in [0.2, 0.25) is 5.95 Å². The fourth-order valence-corrected chi connectivity index (χ4v) is 5.13. The molecule has 3 rings (SSSR count). The predicted molar refractivity (Wildman–Crippen MR) is 66.2 cm³/mol. The van der Waals surface area contributed by atoms with E-state index in [2.05, 4.69) is 4.98 Å². The highest BCUT2D eigenvalue weighted by Gasteiger charge is 2.42. The van der Waals surface area contributed by atoms with E-state index in [0.717, 1.165) is 12.8 Å². The SMILES string of the molecule is O=C(c1ccc(F)nc1)C1CC2CCC(C1)S2=O. The number of Topliss-reactive ketones (excluding diaryl/α,β-unsaturated/α-hetero) is 1. The van der Waals surface area contributed by atoms with Crippen LogP contribution >= 0.6 is 0 Å². The van der Waals surface area contributed by atoms with Crippen molar-refractivity contribution in [2.75, 3.05) is 0 Å². The summed E-state index contributed by atoms with van der Waals surface area (Å²) in [5.74, 6) is -0.611. The summed E-state index contributed by atoms with van der Waals surface area (Å²) < 4.78 is 24.6. The maximum atomic E-state index is 12.7. The summed E-state index contributed by atoms with van der Waals surface area (Å²) in [4.78, 5) is 15.8. The Labute approximate surface area is 107 Å². The Morgan fingerprint density at radius 2 is 1.94 bits per heavy atom. The number of halogens is 1. The zero-order valence-corrected chi connectivity index (χ0v) is 10.7. The Morgan fingerprint density at radius 1 is 1.28 bits per heavy atom. The number of fused-ring (bicyclic) bond motifs is 2. The third-order valence-electron chi connectivity index (χ3n) is 3.95. The predicted octanol–water partition coefficient (Wildman–Crippen LogP) is 2.09. The smallest absolute Gasteiger partial charge is 0.212 e. The monoisotopic (exact) mass is 267 g/mol. The van der Waals surface area contributed by atoms with Crippen LogP contribution in [0.1, 0.15) is 36.0 Å². The molecule has 0 saturated carbocycles. The maximum Gasteiger partial charge on any atom is 0.212 e. The summed E-state index contributed by atoms with van der Waals surface area (Å²) in [5, 5.41) is 0.372. The second kappa shape index (κ2) is 4.53. The summed E-state index contributed by atoms with van der Waals surface area (Å²) >= 11 is 0. The van der Waals surface area contributed by atoms with Crippen LogP contribution in [0.3, 0.4) is 0 Å². The van der Waals surface area contributed by atoms with Crippen molar-refractivity contribution < 1.29 is 13.4 Å². The topological polar surface area (TPSA) is 47.0 Å². The van der Waals surface area contributed by atoms with Crippen molar-refractivity contribution in [2.24, 2.45) is 5.92 Å². The Balaban J connectivity index is 1.78. The molecule has 0 aromatic carbocycles. The molecular formula is C13H14FNO2S. The Bertz CT molecular complexity index is 486. The van der Waals surface area contributed by atoms with E-state index in [4.69, 9.17) is 0 Å². The number of hydrogen-bond acceptors (Lipinski definition) is 3. The van der Waals surface area contributed by atoms with Gasteiger partial charge < -0.3 is 0 Å². The van der Waals surface area contributed by atoms with Crippen LogP contribution in [0.2, 0.25) is 0 Å². The van der Waals surface area contributed by atoms with Crippen molar-refractivity contribution in [1.82, 2.24) is 4.98 Å². The Kier molecular flexibility index (Phi) is 3.01. The largest absolute Gasteiger partial charge is 0.294 e. The van der Waals surface area contributed by atoms with Gasteiger partial charge in [0.15, 0.2) is 5.78 Å². The molecule has 0 N–H and O–H groups in total. The minimum Gasteiger partial charge on any atom is -0.294 e. The highest BCUT2D eigenvalue weighted by Crippen LogP contribution is 2.39.